The second kappa shape index (κ2) is 11.9. The van der Waals surface area contributed by atoms with Gasteiger partial charge in [-0.1, -0.05) is 0 Å². The van der Waals surface area contributed by atoms with Crippen LogP contribution in [0.3, 0.4) is 0 Å². The first kappa shape index (κ1) is 28.8. The van der Waals surface area contributed by atoms with Crippen LogP contribution < -0.4 is 5.73 Å². The van der Waals surface area contributed by atoms with Crippen molar-refractivity contribution in [2.45, 2.75) is 126 Å². The predicted octanol–water partition coefficient (Wildman–Crippen LogP) is 9.33. The molecule has 0 radical (unpaired) electrons. The summed E-state index contributed by atoms with van der Waals surface area (Å²) >= 11 is 4.19. The zero-order chi connectivity index (χ0) is 26.1. The SMILES string of the molecule is CC(C)C1=CC(N)(C(C)C)C(=C2C=CC=C[C]2([Pd+])P(C2CCCCC2)C2CCCCC2)C(C(C)C)=C1. The molecule has 4 aliphatic carbocycles. The molecule has 36 heavy (non-hydrogen) atoms. The summed E-state index contributed by atoms with van der Waals surface area (Å²) in [6.45, 7) is 14.0. The van der Waals surface area contributed by atoms with Crippen molar-refractivity contribution in [1.29, 1.82) is 0 Å². The van der Waals surface area contributed by atoms with Crippen molar-refractivity contribution >= 4 is 7.92 Å². The standard InChI is InChI=1S/C33H51NP.Pd/c1-23(2)26-21-30(24(3)4)32(33(34,22-26)25(5)6)29-19-13-14-20-31(29)35(27-15-9-7-10-16-27)28-17-11-8-12-18-28;/h13-14,19-25,27-28H,7-12,15-18,34H2,1-6H3;/q;+1. The maximum atomic E-state index is 7.57. The number of nitrogens with two attached hydrogens (primary N) is 1. The molecule has 0 bridgehead atoms. The van der Waals surface area contributed by atoms with Gasteiger partial charge in [-0.3, -0.25) is 0 Å². The van der Waals surface area contributed by atoms with Crippen molar-refractivity contribution in [3.8, 4) is 0 Å². The van der Waals surface area contributed by atoms with E-state index in [0.717, 1.165) is 11.3 Å². The molecule has 0 heterocycles. The summed E-state index contributed by atoms with van der Waals surface area (Å²) in [5.74, 6) is 1.24. The fourth-order valence-corrected chi connectivity index (χ4v) is 13.4. The van der Waals surface area contributed by atoms with Gasteiger partial charge in [-0.15, -0.1) is 0 Å². The fourth-order valence-electron chi connectivity index (χ4n) is 7.06. The topological polar surface area (TPSA) is 26.0 Å². The summed E-state index contributed by atoms with van der Waals surface area (Å²) in [6.07, 6.45) is 28.8. The van der Waals surface area contributed by atoms with Crippen LogP contribution in [0.4, 0.5) is 0 Å². The van der Waals surface area contributed by atoms with Crippen molar-refractivity contribution in [3.63, 3.8) is 0 Å². The molecule has 0 aromatic rings. The van der Waals surface area contributed by atoms with E-state index in [9.17, 15) is 0 Å². The van der Waals surface area contributed by atoms with E-state index in [2.05, 4.69) is 97.2 Å². The van der Waals surface area contributed by atoms with Crippen LogP contribution in [0.15, 0.2) is 58.7 Å². The first-order valence-corrected chi connectivity index (χ1v) is 17.1. The van der Waals surface area contributed by atoms with Gasteiger partial charge in [-0.25, -0.2) is 0 Å². The van der Waals surface area contributed by atoms with E-state index in [0.29, 0.717) is 17.8 Å². The zero-order valence-electron chi connectivity index (χ0n) is 23.8. The summed E-state index contributed by atoms with van der Waals surface area (Å²) in [6, 6.07) is 0. The van der Waals surface area contributed by atoms with Gasteiger partial charge in [0.05, 0.1) is 0 Å². The summed E-state index contributed by atoms with van der Waals surface area (Å²) in [5.41, 5.74) is 14.6. The molecule has 2 saturated carbocycles. The normalized spacial score (nSPS) is 32.7. The van der Waals surface area contributed by atoms with Gasteiger partial charge in [0.2, 0.25) is 0 Å². The third-order valence-electron chi connectivity index (χ3n) is 9.30. The number of hydrogen-bond acceptors (Lipinski definition) is 1. The van der Waals surface area contributed by atoms with Crippen LogP contribution in [0.2, 0.25) is 0 Å². The molecule has 2 unspecified atom stereocenters. The number of hydrogen-bond donors (Lipinski definition) is 1. The minimum atomic E-state index is -0.454. The van der Waals surface area contributed by atoms with Gasteiger partial charge >= 0.3 is 236 Å². The summed E-state index contributed by atoms with van der Waals surface area (Å²) < 4.78 is -0.0527. The average Bonchev–Trinajstić information content (AvgIpc) is 2.85. The van der Waals surface area contributed by atoms with E-state index in [1.165, 1.54) is 86.5 Å². The molecule has 2 atom stereocenters. The molecule has 0 aromatic heterocycles. The molecule has 2 N–H and O–H groups in total. The Kier molecular flexibility index (Phi) is 9.48. The zero-order valence-corrected chi connectivity index (χ0v) is 26.2. The van der Waals surface area contributed by atoms with Crippen LogP contribution in [0.25, 0.3) is 0 Å². The Morgan fingerprint density at radius 2 is 1.39 bits per heavy atom. The van der Waals surface area contributed by atoms with Crippen molar-refractivity contribution in [1.82, 2.24) is 0 Å². The second-order valence-electron chi connectivity index (χ2n) is 12.8. The Balaban J connectivity index is 1.95. The molecule has 2 fully saturated rings. The molecule has 3 heteroatoms. The second-order valence-corrected chi connectivity index (χ2v) is 17.5. The quantitative estimate of drug-likeness (QED) is 0.239. The van der Waals surface area contributed by atoms with Crippen molar-refractivity contribution in [3.05, 3.63) is 58.7 Å². The van der Waals surface area contributed by atoms with Crippen LogP contribution >= 0.6 is 7.92 Å². The minimum absolute atomic E-state index is 0.0527. The van der Waals surface area contributed by atoms with Crippen LogP contribution in [0.5, 0.6) is 0 Å². The average molecular weight is 599 g/mol. The van der Waals surface area contributed by atoms with Crippen molar-refractivity contribution in [2.75, 3.05) is 0 Å². The Bertz CT molecular complexity index is 921. The first-order valence-electron chi connectivity index (χ1n) is 14.9. The molecular formula is C33H51NPPd+. The van der Waals surface area contributed by atoms with Crippen LogP contribution in [0.1, 0.15) is 106 Å². The summed E-state index contributed by atoms with van der Waals surface area (Å²) in [4.78, 5) is 0. The Hall–Kier alpha value is -0.248. The van der Waals surface area contributed by atoms with E-state index in [4.69, 9.17) is 5.73 Å². The monoisotopic (exact) mass is 598 g/mol. The van der Waals surface area contributed by atoms with E-state index in [1.54, 1.807) is 0 Å². The van der Waals surface area contributed by atoms with Gasteiger partial charge < -0.3 is 0 Å². The number of allylic oxidation sites excluding steroid dienone is 7. The van der Waals surface area contributed by atoms with E-state index in [-0.39, 0.29) is 11.6 Å². The molecule has 1 nitrogen and oxygen atoms in total. The molecule has 0 aromatic carbocycles. The maximum absolute atomic E-state index is 7.57. The van der Waals surface area contributed by atoms with E-state index >= 15 is 0 Å². The van der Waals surface area contributed by atoms with Crippen LogP contribution in [0, 0.1) is 17.8 Å². The predicted molar refractivity (Wildman–Crippen MR) is 156 cm³/mol. The Morgan fingerprint density at radius 3 is 1.86 bits per heavy atom. The van der Waals surface area contributed by atoms with Gasteiger partial charge in [0.25, 0.3) is 0 Å². The molecule has 0 aliphatic heterocycles. The van der Waals surface area contributed by atoms with Gasteiger partial charge in [0, 0.05) is 0 Å². The van der Waals surface area contributed by atoms with Crippen LogP contribution in [-0.2, 0) is 19.2 Å². The van der Waals surface area contributed by atoms with Gasteiger partial charge in [-0.05, 0) is 0 Å². The molecule has 4 aliphatic rings. The molecule has 0 amide bonds. The van der Waals surface area contributed by atoms with Crippen molar-refractivity contribution in [2.24, 2.45) is 23.5 Å². The van der Waals surface area contributed by atoms with Gasteiger partial charge in [0.15, 0.2) is 0 Å². The number of rotatable bonds is 6. The van der Waals surface area contributed by atoms with Gasteiger partial charge in [-0.2, -0.15) is 0 Å². The molecular weight excluding hydrogens is 548 g/mol. The molecule has 202 valence electrons. The molecule has 0 saturated heterocycles. The summed E-state index contributed by atoms with van der Waals surface area (Å²) in [5, 5.41) is 0. The van der Waals surface area contributed by atoms with E-state index in [1.807, 2.05) is 0 Å². The van der Waals surface area contributed by atoms with Crippen LogP contribution in [-0.4, -0.2) is 20.5 Å². The van der Waals surface area contributed by atoms with E-state index < -0.39 is 5.54 Å². The molecule has 4 rings (SSSR count). The van der Waals surface area contributed by atoms with Gasteiger partial charge in [0.1, 0.15) is 0 Å². The fraction of sp³-hybridized carbons (Fsp3) is 0.697. The Labute approximate surface area is 234 Å². The third kappa shape index (κ3) is 5.55. The van der Waals surface area contributed by atoms with Crippen molar-refractivity contribution < 1.29 is 19.2 Å². The molecule has 0 spiro atoms. The first-order chi connectivity index (χ1) is 17.1. The summed E-state index contributed by atoms with van der Waals surface area (Å²) in [7, 11) is -0.250. The third-order valence-corrected chi connectivity index (χ3v) is 14.9. The Morgan fingerprint density at radius 1 is 0.833 bits per heavy atom.